The van der Waals surface area contributed by atoms with Crippen LogP contribution in [0.4, 0.5) is 0 Å². The van der Waals surface area contributed by atoms with E-state index in [1.807, 2.05) is 32.0 Å². The number of nitrogens with zero attached hydrogens (tertiary/aromatic N) is 1. The molecule has 0 aromatic heterocycles. The highest BCUT2D eigenvalue weighted by Crippen LogP contribution is 2.17. The maximum atomic E-state index is 8.54. The normalized spacial score (nSPS) is 9.31. The lowest BCUT2D eigenvalue weighted by atomic mass is 10.1. The van der Waals surface area contributed by atoms with Gasteiger partial charge in [0.15, 0.2) is 0 Å². The van der Waals surface area contributed by atoms with Crippen LogP contribution in [0.15, 0.2) is 18.2 Å². The molecule has 0 amide bonds. The van der Waals surface area contributed by atoms with Crippen LogP contribution in [0, 0.1) is 18.3 Å². The summed E-state index contributed by atoms with van der Waals surface area (Å²) in [4.78, 5) is 0. The van der Waals surface area contributed by atoms with Gasteiger partial charge in [0, 0.05) is 0 Å². The third-order valence-corrected chi connectivity index (χ3v) is 1.89. The summed E-state index contributed by atoms with van der Waals surface area (Å²) in [7, 11) is 0. The van der Waals surface area contributed by atoms with Gasteiger partial charge < -0.3 is 4.74 Å². The average Bonchev–Trinajstić information content (AvgIpc) is 2.10. The molecule has 0 bridgehead atoms. The van der Waals surface area contributed by atoms with Crippen molar-refractivity contribution in [2.75, 3.05) is 6.61 Å². The van der Waals surface area contributed by atoms with Gasteiger partial charge in [-0.3, -0.25) is 0 Å². The van der Waals surface area contributed by atoms with Gasteiger partial charge in [0.05, 0.1) is 19.1 Å². The molecule has 0 radical (unpaired) electrons. The number of hydrogen-bond donors (Lipinski definition) is 0. The number of rotatable bonds is 3. The Morgan fingerprint density at radius 3 is 2.77 bits per heavy atom. The van der Waals surface area contributed by atoms with E-state index in [9.17, 15) is 0 Å². The van der Waals surface area contributed by atoms with E-state index in [0.29, 0.717) is 13.0 Å². The Morgan fingerprint density at radius 1 is 1.46 bits per heavy atom. The maximum absolute atomic E-state index is 8.54. The van der Waals surface area contributed by atoms with E-state index >= 15 is 0 Å². The third-order valence-electron chi connectivity index (χ3n) is 1.89. The molecular formula is C11H13NO. The van der Waals surface area contributed by atoms with Gasteiger partial charge in [-0.15, -0.1) is 0 Å². The second-order valence-corrected chi connectivity index (χ2v) is 2.86. The van der Waals surface area contributed by atoms with Crippen molar-refractivity contribution in [3.05, 3.63) is 29.3 Å². The van der Waals surface area contributed by atoms with Crippen LogP contribution in [-0.4, -0.2) is 6.61 Å². The lowest BCUT2D eigenvalue weighted by Gasteiger charge is -2.06. The Kier molecular flexibility index (Phi) is 3.33. The van der Waals surface area contributed by atoms with Crippen LogP contribution >= 0.6 is 0 Å². The van der Waals surface area contributed by atoms with Crippen molar-refractivity contribution < 1.29 is 4.74 Å². The summed E-state index contributed by atoms with van der Waals surface area (Å²) in [6.45, 7) is 4.63. The van der Waals surface area contributed by atoms with Crippen molar-refractivity contribution in [2.24, 2.45) is 0 Å². The molecule has 0 aliphatic carbocycles. The first-order chi connectivity index (χ1) is 6.27. The van der Waals surface area contributed by atoms with Crippen LogP contribution in [-0.2, 0) is 6.42 Å². The van der Waals surface area contributed by atoms with Crippen LogP contribution in [0.1, 0.15) is 18.1 Å². The second kappa shape index (κ2) is 4.51. The maximum Gasteiger partial charge on any atom is 0.119 e. The van der Waals surface area contributed by atoms with Gasteiger partial charge >= 0.3 is 0 Å². The molecule has 0 N–H and O–H groups in total. The fourth-order valence-corrected chi connectivity index (χ4v) is 1.21. The predicted molar refractivity (Wildman–Crippen MR) is 51.7 cm³/mol. The summed E-state index contributed by atoms with van der Waals surface area (Å²) in [6.07, 6.45) is 0.470. The molecule has 0 fully saturated rings. The zero-order chi connectivity index (χ0) is 9.68. The summed E-state index contributed by atoms with van der Waals surface area (Å²) < 4.78 is 5.34. The Morgan fingerprint density at radius 2 is 2.23 bits per heavy atom. The van der Waals surface area contributed by atoms with E-state index in [0.717, 1.165) is 16.9 Å². The Hall–Kier alpha value is -1.49. The van der Waals surface area contributed by atoms with Crippen LogP contribution in [0.3, 0.4) is 0 Å². The van der Waals surface area contributed by atoms with E-state index in [2.05, 4.69) is 6.07 Å². The molecular weight excluding hydrogens is 162 g/mol. The molecule has 0 aliphatic heterocycles. The molecule has 0 unspecified atom stereocenters. The molecule has 2 nitrogen and oxygen atoms in total. The number of nitriles is 1. The first-order valence-corrected chi connectivity index (χ1v) is 4.37. The summed E-state index contributed by atoms with van der Waals surface area (Å²) in [5, 5.41) is 8.54. The molecule has 0 saturated carbocycles. The fraction of sp³-hybridized carbons (Fsp3) is 0.364. The van der Waals surface area contributed by atoms with E-state index in [1.54, 1.807) is 0 Å². The van der Waals surface area contributed by atoms with Crippen molar-refractivity contribution in [2.45, 2.75) is 20.3 Å². The largest absolute Gasteiger partial charge is 0.494 e. The van der Waals surface area contributed by atoms with E-state index < -0.39 is 0 Å². The Balaban J connectivity index is 2.86. The van der Waals surface area contributed by atoms with Gasteiger partial charge in [-0.25, -0.2) is 0 Å². The smallest absolute Gasteiger partial charge is 0.119 e. The standard InChI is InChI=1S/C11H13NO/c1-3-13-11-5-4-10(6-7-12)9(2)8-11/h4-5,8H,3,6H2,1-2H3. The van der Waals surface area contributed by atoms with Crippen molar-refractivity contribution in [1.82, 2.24) is 0 Å². The number of aryl methyl sites for hydroxylation is 1. The number of benzene rings is 1. The van der Waals surface area contributed by atoms with Crippen LogP contribution in [0.5, 0.6) is 5.75 Å². The predicted octanol–water partition coefficient (Wildman–Crippen LogP) is 2.46. The lowest BCUT2D eigenvalue weighted by molar-refractivity contribution is 0.340. The van der Waals surface area contributed by atoms with Crippen molar-refractivity contribution in [1.29, 1.82) is 5.26 Å². The Labute approximate surface area is 78.8 Å². The van der Waals surface area contributed by atoms with Gasteiger partial charge in [-0.1, -0.05) is 6.07 Å². The van der Waals surface area contributed by atoms with Crippen LogP contribution in [0.25, 0.3) is 0 Å². The average molecular weight is 175 g/mol. The summed E-state index contributed by atoms with van der Waals surface area (Å²) in [5.41, 5.74) is 2.19. The highest BCUT2D eigenvalue weighted by atomic mass is 16.5. The topological polar surface area (TPSA) is 33.0 Å². The summed E-state index contributed by atoms with van der Waals surface area (Å²) in [5.74, 6) is 0.877. The third kappa shape index (κ3) is 2.48. The minimum absolute atomic E-state index is 0.470. The number of hydrogen-bond acceptors (Lipinski definition) is 2. The first-order valence-electron chi connectivity index (χ1n) is 4.37. The lowest BCUT2D eigenvalue weighted by Crippen LogP contribution is -1.93. The van der Waals surface area contributed by atoms with Gasteiger partial charge in [-0.2, -0.15) is 5.26 Å². The zero-order valence-corrected chi connectivity index (χ0v) is 8.00. The first kappa shape index (κ1) is 9.60. The van der Waals surface area contributed by atoms with E-state index in [1.165, 1.54) is 0 Å². The SMILES string of the molecule is CCOc1ccc(CC#N)c(C)c1. The van der Waals surface area contributed by atoms with Gasteiger partial charge in [0.25, 0.3) is 0 Å². The minimum Gasteiger partial charge on any atom is -0.494 e. The van der Waals surface area contributed by atoms with Gasteiger partial charge in [0.1, 0.15) is 5.75 Å². The Bertz CT molecular complexity index is 325. The van der Waals surface area contributed by atoms with E-state index in [4.69, 9.17) is 10.00 Å². The number of ether oxygens (including phenoxy) is 1. The molecule has 68 valence electrons. The molecule has 0 heterocycles. The quantitative estimate of drug-likeness (QED) is 0.707. The highest BCUT2D eigenvalue weighted by molar-refractivity contribution is 5.36. The zero-order valence-electron chi connectivity index (χ0n) is 8.00. The molecule has 13 heavy (non-hydrogen) atoms. The van der Waals surface area contributed by atoms with Gasteiger partial charge in [0.2, 0.25) is 0 Å². The highest BCUT2D eigenvalue weighted by Gasteiger charge is 1.99. The molecule has 1 rings (SSSR count). The van der Waals surface area contributed by atoms with Crippen LogP contribution < -0.4 is 4.74 Å². The molecule has 1 aromatic rings. The molecule has 1 aromatic carbocycles. The summed E-state index contributed by atoms with van der Waals surface area (Å²) >= 11 is 0. The van der Waals surface area contributed by atoms with Crippen molar-refractivity contribution in [3.8, 4) is 11.8 Å². The molecule has 0 atom stereocenters. The van der Waals surface area contributed by atoms with Crippen molar-refractivity contribution in [3.63, 3.8) is 0 Å². The van der Waals surface area contributed by atoms with Crippen molar-refractivity contribution >= 4 is 0 Å². The fourth-order valence-electron chi connectivity index (χ4n) is 1.21. The van der Waals surface area contributed by atoms with Gasteiger partial charge in [-0.05, 0) is 37.1 Å². The monoisotopic (exact) mass is 175 g/mol. The van der Waals surface area contributed by atoms with Crippen LogP contribution in [0.2, 0.25) is 0 Å². The molecule has 2 heteroatoms. The van der Waals surface area contributed by atoms with E-state index in [-0.39, 0.29) is 0 Å². The second-order valence-electron chi connectivity index (χ2n) is 2.86. The minimum atomic E-state index is 0.470. The molecule has 0 saturated heterocycles. The molecule has 0 spiro atoms. The molecule has 0 aliphatic rings. The summed E-state index contributed by atoms with van der Waals surface area (Å²) in [6, 6.07) is 7.96.